The van der Waals surface area contributed by atoms with Crippen molar-refractivity contribution in [1.82, 2.24) is 9.71 Å². The minimum Gasteiger partial charge on any atom is -0.396 e. The molecule has 19 heavy (non-hydrogen) atoms. The summed E-state index contributed by atoms with van der Waals surface area (Å²) in [5, 5.41) is 9.04. The highest BCUT2D eigenvalue weighted by Crippen LogP contribution is 2.15. The molecule has 6 heteroatoms. The van der Waals surface area contributed by atoms with Crippen molar-refractivity contribution in [2.45, 2.75) is 31.7 Å². The Morgan fingerprint density at radius 3 is 2.63 bits per heavy atom. The van der Waals surface area contributed by atoms with Crippen molar-refractivity contribution in [3.05, 3.63) is 24.4 Å². The maximum atomic E-state index is 12.0. The highest BCUT2D eigenvalue weighted by molar-refractivity contribution is 7.89. The van der Waals surface area contributed by atoms with E-state index in [-0.39, 0.29) is 17.6 Å². The number of nitrogens with one attached hydrogen (secondary N) is 1. The first kappa shape index (κ1) is 16.1. The number of rotatable bonds is 8. The summed E-state index contributed by atoms with van der Waals surface area (Å²) >= 11 is 0. The van der Waals surface area contributed by atoms with E-state index in [0.29, 0.717) is 18.9 Å². The standard InChI is InChI=1S/C13H22N2O3S/c1-11(2)9-12(6-8-16)10-15-19(17,18)13-5-3-4-7-14-13/h3-5,7,11-12,15-16H,6,8-10H2,1-2H3. The highest BCUT2D eigenvalue weighted by Gasteiger charge is 2.18. The molecule has 2 N–H and O–H groups in total. The Kier molecular flexibility index (Phi) is 6.41. The molecule has 0 spiro atoms. The molecular weight excluding hydrogens is 264 g/mol. The number of aliphatic hydroxyl groups excluding tert-OH is 1. The number of hydrogen-bond acceptors (Lipinski definition) is 4. The van der Waals surface area contributed by atoms with Crippen molar-refractivity contribution in [1.29, 1.82) is 0 Å². The lowest BCUT2D eigenvalue weighted by molar-refractivity contribution is 0.243. The molecule has 1 rings (SSSR count). The summed E-state index contributed by atoms with van der Waals surface area (Å²) in [4.78, 5) is 3.84. The lowest BCUT2D eigenvalue weighted by Crippen LogP contribution is -2.31. The van der Waals surface area contributed by atoms with Crippen molar-refractivity contribution >= 4 is 10.0 Å². The van der Waals surface area contributed by atoms with Gasteiger partial charge in [0.2, 0.25) is 0 Å². The van der Waals surface area contributed by atoms with E-state index in [0.717, 1.165) is 6.42 Å². The molecule has 0 aliphatic heterocycles. The van der Waals surface area contributed by atoms with Crippen LogP contribution in [0.4, 0.5) is 0 Å². The smallest absolute Gasteiger partial charge is 0.258 e. The normalized spacial score (nSPS) is 13.7. The van der Waals surface area contributed by atoms with Crippen LogP contribution in [-0.2, 0) is 10.0 Å². The molecule has 1 unspecified atom stereocenters. The van der Waals surface area contributed by atoms with Crippen LogP contribution in [0.2, 0.25) is 0 Å². The Labute approximate surface area is 115 Å². The number of sulfonamides is 1. The molecule has 0 aliphatic carbocycles. The van der Waals surface area contributed by atoms with Gasteiger partial charge in [0.1, 0.15) is 0 Å². The van der Waals surface area contributed by atoms with Gasteiger partial charge in [-0.1, -0.05) is 19.9 Å². The number of aromatic nitrogens is 1. The predicted octanol–water partition coefficient (Wildman–Crippen LogP) is 1.40. The second-order valence-corrected chi connectivity index (χ2v) is 6.74. The van der Waals surface area contributed by atoms with E-state index in [1.54, 1.807) is 12.1 Å². The summed E-state index contributed by atoms with van der Waals surface area (Å²) < 4.78 is 26.5. The van der Waals surface area contributed by atoms with Crippen molar-refractivity contribution in [2.75, 3.05) is 13.2 Å². The fourth-order valence-corrected chi connectivity index (χ4v) is 3.02. The van der Waals surface area contributed by atoms with Crippen LogP contribution >= 0.6 is 0 Å². The van der Waals surface area contributed by atoms with Gasteiger partial charge in [0.05, 0.1) is 0 Å². The topological polar surface area (TPSA) is 79.3 Å². The lowest BCUT2D eigenvalue weighted by Gasteiger charge is -2.18. The first-order chi connectivity index (χ1) is 8.95. The average molecular weight is 286 g/mol. The molecule has 0 saturated heterocycles. The second kappa shape index (κ2) is 7.57. The molecule has 1 aromatic heterocycles. The summed E-state index contributed by atoms with van der Waals surface area (Å²) in [5.41, 5.74) is 0. The maximum Gasteiger partial charge on any atom is 0.258 e. The molecule has 5 nitrogen and oxygen atoms in total. The van der Waals surface area contributed by atoms with Gasteiger partial charge < -0.3 is 5.11 Å². The first-order valence-electron chi connectivity index (χ1n) is 6.47. The van der Waals surface area contributed by atoms with E-state index in [1.807, 2.05) is 0 Å². The van der Waals surface area contributed by atoms with Gasteiger partial charge in [0.15, 0.2) is 5.03 Å². The molecule has 0 saturated carbocycles. The van der Waals surface area contributed by atoms with Crippen LogP contribution in [0.1, 0.15) is 26.7 Å². The van der Waals surface area contributed by atoms with Gasteiger partial charge >= 0.3 is 0 Å². The zero-order chi connectivity index (χ0) is 14.3. The van der Waals surface area contributed by atoms with Crippen molar-refractivity contribution in [2.24, 2.45) is 11.8 Å². The van der Waals surface area contributed by atoms with Gasteiger partial charge in [-0.15, -0.1) is 0 Å². The molecule has 0 amide bonds. The van der Waals surface area contributed by atoms with E-state index in [1.165, 1.54) is 12.3 Å². The number of aliphatic hydroxyl groups is 1. The molecule has 1 heterocycles. The van der Waals surface area contributed by atoms with E-state index < -0.39 is 10.0 Å². The second-order valence-electron chi connectivity index (χ2n) is 5.03. The Hall–Kier alpha value is -0.980. The Morgan fingerprint density at radius 2 is 2.11 bits per heavy atom. The van der Waals surface area contributed by atoms with E-state index >= 15 is 0 Å². The van der Waals surface area contributed by atoms with Crippen LogP contribution in [0, 0.1) is 11.8 Å². The average Bonchev–Trinajstić information content (AvgIpc) is 2.37. The van der Waals surface area contributed by atoms with Crippen molar-refractivity contribution in [3.8, 4) is 0 Å². The number of nitrogens with zero attached hydrogens (tertiary/aromatic N) is 1. The highest BCUT2D eigenvalue weighted by atomic mass is 32.2. The van der Waals surface area contributed by atoms with Gasteiger partial charge in [-0.2, -0.15) is 0 Å². The molecule has 0 radical (unpaired) electrons. The summed E-state index contributed by atoms with van der Waals surface area (Å²) in [6, 6.07) is 4.78. The summed E-state index contributed by atoms with van der Waals surface area (Å²) in [5.74, 6) is 0.611. The summed E-state index contributed by atoms with van der Waals surface area (Å²) in [6.45, 7) is 4.57. The van der Waals surface area contributed by atoms with Gasteiger partial charge in [-0.3, -0.25) is 0 Å². The van der Waals surface area contributed by atoms with Gasteiger partial charge in [-0.25, -0.2) is 18.1 Å². The number of hydrogen-bond donors (Lipinski definition) is 2. The summed E-state index contributed by atoms with van der Waals surface area (Å²) in [6.07, 6.45) is 2.93. The zero-order valence-corrected chi connectivity index (χ0v) is 12.2. The van der Waals surface area contributed by atoms with Crippen LogP contribution in [0.5, 0.6) is 0 Å². The van der Waals surface area contributed by atoms with Crippen LogP contribution in [-0.4, -0.2) is 31.7 Å². The van der Waals surface area contributed by atoms with Gasteiger partial charge in [-0.05, 0) is 36.8 Å². The molecule has 0 bridgehead atoms. The predicted molar refractivity (Wildman–Crippen MR) is 74.1 cm³/mol. The molecule has 0 aromatic carbocycles. The third kappa shape index (κ3) is 5.67. The number of pyridine rings is 1. The molecule has 0 aliphatic rings. The minimum atomic E-state index is -3.55. The van der Waals surface area contributed by atoms with Crippen molar-refractivity contribution in [3.63, 3.8) is 0 Å². The third-order valence-corrected chi connectivity index (χ3v) is 4.16. The molecular formula is C13H22N2O3S. The van der Waals surface area contributed by atoms with Crippen LogP contribution in [0.15, 0.2) is 29.4 Å². The SMILES string of the molecule is CC(C)CC(CCO)CNS(=O)(=O)c1ccccn1. The maximum absolute atomic E-state index is 12.0. The minimum absolute atomic E-state index is 0.0299. The van der Waals surface area contributed by atoms with Gasteiger partial charge in [0.25, 0.3) is 10.0 Å². The first-order valence-corrected chi connectivity index (χ1v) is 7.95. The Balaban J connectivity index is 2.63. The third-order valence-electron chi connectivity index (χ3n) is 2.82. The molecule has 0 fully saturated rings. The fourth-order valence-electron chi connectivity index (χ4n) is 1.96. The van der Waals surface area contributed by atoms with E-state index in [9.17, 15) is 8.42 Å². The Bertz CT molecular complexity index is 460. The van der Waals surface area contributed by atoms with E-state index in [4.69, 9.17) is 5.11 Å². The van der Waals surface area contributed by atoms with Crippen LogP contribution in [0.25, 0.3) is 0 Å². The molecule has 1 aromatic rings. The monoisotopic (exact) mass is 286 g/mol. The molecule has 108 valence electrons. The van der Waals surface area contributed by atoms with Crippen molar-refractivity contribution < 1.29 is 13.5 Å². The zero-order valence-electron chi connectivity index (χ0n) is 11.4. The Morgan fingerprint density at radius 1 is 1.37 bits per heavy atom. The van der Waals surface area contributed by atoms with Crippen LogP contribution < -0.4 is 4.72 Å². The van der Waals surface area contributed by atoms with E-state index in [2.05, 4.69) is 23.6 Å². The fraction of sp³-hybridized carbons (Fsp3) is 0.615. The largest absolute Gasteiger partial charge is 0.396 e. The molecule has 1 atom stereocenters. The summed E-state index contributed by atoms with van der Waals surface area (Å²) in [7, 11) is -3.55. The van der Waals surface area contributed by atoms with Gasteiger partial charge in [0, 0.05) is 19.3 Å². The van der Waals surface area contributed by atoms with Crippen LogP contribution in [0.3, 0.4) is 0 Å². The lowest BCUT2D eigenvalue weighted by atomic mass is 9.95. The quantitative estimate of drug-likeness (QED) is 0.757.